The summed E-state index contributed by atoms with van der Waals surface area (Å²) < 4.78 is 0. The molecule has 1 fully saturated rings. The maximum absolute atomic E-state index is 12.4. The molecule has 0 saturated heterocycles. The molecule has 0 radical (unpaired) electrons. The number of hydrogen-bond donors (Lipinski definition) is 3. The van der Waals surface area contributed by atoms with Crippen LogP contribution in [0.3, 0.4) is 0 Å². The molecule has 23 heavy (non-hydrogen) atoms. The number of benzene rings is 1. The molecule has 0 unspecified atom stereocenters. The first kappa shape index (κ1) is 15.6. The van der Waals surface area contributed by atoms with Crippen molar-refractivity contribution in [2.24, 2.45) is 17.1 Å². The van der Waals surface area contributed by atoms with Gasteiger partial charge in [-0.3, -0.25) is 9.59 Å². The van der Waals surface area contributed by atoms with Gasteiger partial charge in [-0.1, -0.05) is 13.8 Å². The zero-order valence-corrected chi connectivity index (χ0v) is 13.6. The van der Waals surface area contributed by atoms with Gasteiger partial charge in [0.15, 0.2) is 0 Å². The first-order valence-corrected chi connectivity index (χ1v) is 8.07. The summed E-state index contributed by atoms with van der Waals surface area (Å²) in [5, 5.41) is 3.86. The van der Waals surface area contributed by atoms with E-state index in [-0.39, 0.29) is 11.8 Å². The molecule has 2 aromatic rings. The molecule has 1 heterocycles. The van der Waals surface area contributed by atoms with Gasteiger partial charge in [-0.2, -0.15) is 0 Å². The van der Waals surface area contributed by atoms with Gasteiger partial charge in [0.2, 0.25) is 5.91 Å². The number of rotatable bonds is 3. The molecule has 0 atom stereocenters. The molecule has 2 amide bonds. The Hall–Kier alpha value is -2.30. The summed E-state index contributed by atoms with van der Waals surface area (Å²) in [5.74, 6) is -0.312. The molecule has 1 saturated carbocycles. The molecular weight excluding hydrogens is 290 g/mol. The van der Waals surface area contributed by atoms with Gasteiger partial charge in [0, 0.05) is 22.5 Å². The Morgan fingerprint density at radius 2 is 1.91 bits per heavy atom. The number of carbonyl (C=O) groups is 2. The van der Waals surface area contributed by atoms with Crippen LogP contribution in [0, 0.1) is 11.3 Å². The smallest absolute Gasteiger partial charge is 0.265 e. The van der Waals surface area contributed by atoms with E-state index in [4.69, 9.17) is 5.73 Å². The Balaban J connectivity index is 1.71. The zero-order valence-electron chi connectivity index (χ0n) is 13.6. The van der Waals surface area contributed by atoms with E-state index >= 15 is 0 Å². The molecule has 0 spiro atoms. The lowest BCUT2D eigenvalue weighted by Crippen LogP contribution is -2.30. The predicted octanol–water partition coefficient (Wildman–Crippen LogP) is 3.42. The SMILES string of the molecule is CC1(C)CCC(C(=O)Nc2ccc3[nH]c(C(N)=O)cc3c2)CC1. The monoisotopic (exact) mass is 313 g/mol. The highest BCUT2D eigenvalue weighted by molar-refractivity contribution is 5.99. The van der Waals surface area contributed by atoms with Crippen molar-refractivity contribution in [1.29, 1.82) is 0 Å². The molecule has 4 N–H and O–H groups in total. The number of anilines is 1. The second-order valence-electron chi connectivity index (χ2n) is 7.28. The number of carbonyl (C=O) groups excluding carboxylic acids is 2. The normalized spacial score (nSPS) is 18.0. The second kappa shape index (κ2) is 5.72. The highest BCUT2D eigenvalue weighted by Gasteiger charge is 2.30. The molecule has 122 valence electrons. The van der Waals surface area contributed by atoms with E-state index in [1.165, 1.54) is 0 Å². The van der Waals surface area contributed by atoms with E-state index in [9.17, 15) is 9.59 Å². The number of primary amides is 1. The van der Waals surface area contributed by atoms with Gasteiger partial charge >= 0.3 is 0 Å². The number of amides is 2. The van der Waals surface area contributed by atoms with Crippen LogP contribution in [0.15, 0.2) is 24.3 Å². The Kier molecular flexibility index (Phi) is 3.88. The van der Waals surface area contributed by atoms with Crippen molar-refractivity contribution in [2.45, 2.75) is 39.5 Å². The fourth-order valence-electron chi connectivity index (χ4n) is 3.25. The quantitative estimate of drug-likeness (QED) is 0.810. The summed E-state index contributed by atoms with van der Waals surface area (Å²) in [6, 6.07) is 7.26. The Morgan fingerprint density at radius 1 is 1.22 bits per heavy atom. The van der Waals surface area contributed by atoms with Crippen molar-refractivity contribution in [3.8, 4) is 0 Å². The van der Waals surface area contributed by atoms with E-state index in [1.807, 2.05) is 18.2 Å². The van der Waals surface area contributed by atoms with Crippen LogP contribution < -0.4 is 11.1 Å². The minimum atomic E-state index is -0.489. The summed E-state index contributed by atoms with van der Waals surface area (Å²) in [6.45, 7) is 4.52. The lowest BCUT2D eigenvalue weighted by atomic mass is 9.73. The molecule has 1 aromatic heterocycles. The summed E-state index contributed by atoms with van der Waals surface area (Å²) in [4.78, 5) is 26.6. The van der Waals surface area contributed by atoms with Gasteiger partial charge in [0.25, 0.3) is 5.91 Å². The largest absolute Gasteiger partial charge is 0.364 e. The van der Waals surface area contributed by atoms with Crippen molar-refractivity contribution in [1.82, 2.24) is 4.98 Å². The van der Waals surface area contributed by atoms with Crippen LogP contribution in [-0.4, -0.2) is 16.8 Å². The third-order valence-electron chi connectivity index (χ3n) is 4.86. The Morgan fingerprint density at radius 3 is 2.57 bits per heavy atom. The van der Waals surface area contributed by atoms with E-state index in [0.29, 0.717) is 11.1 Å². The van der Waals surface area contributed by atoms with E-state index < -0.39 is 5.91 Å². The van der Waals surface area contributed by atoms with E-state index in [2.05, 4.69) is 24.1 Å². The molecule has 1 aromatic carbocycles. The molecule has 5 heteroatoms. The molecular formula is C18H23N3O2. The lowest BCUT2D eigenvalue weighted by Gasteiger charge is -2.33. The van der Waals surface area contributed by atoms with Crippen LogP contribution in [0.5, 0.6) is 0 Å². The van der Waals surface area contributed by atoms with Crippen LogP contribution in [0.1, 0.15) is 50.0 Å². The zero-order chi connectivity index (χ0) is 16.6. The van der Waals surface area contributed by atoms with Crippen LogP contribution in [-0.2, 0) is 4.79 Å². The van der Waals surface area contributed by atoms with Gasteiger partial charge in [-0.25, -0.2) is 0 Å². The van der Waals surface area contributed by atoms with Crippen LogP contribution in [0.2, 0.25) is 0 Å². The maximum atomic E-state index is 12.4. The average molecular weight is 313 g/mol. The van der Waals surface area contributed by atoms with Crippen molar-refractivity contribution < 1.29 is 9.59 Å². The predicted molar refractivity (Wildman–Crippen MR) is 91.2 cm³/mol. The Bertz CT molecular complexity index is 751. The summed E-state index contributed by atoms with van der Waals surface area (Å²) in [6.07, 6.45) is 4.06. The summed E-state index contributed by atoms with van der Waals surface area (Å²) in [5.41, 5.74) is 7.58. The summed E-state index contributed by atoms with van der Waals surface area (Å²) >= 11 is 0. The van der Waals surface area contributed by atoms with E-state index in [1.54, 1.807) is 6.07 Å². The number of fused-ring (bicyclic) bond motifs is 1. The average Bonchev–Trinajstić information content (AvgIpc) is 2.90. The third kappa shape index (κ3) is 3.38. The first-order chi connectivity index (χ1) is 10.8. The fourth-order valence-corrected chi connectivity index (χ4v) is 3.25. The number of nitrogens with two attached hydrogens (primary N) is 1. The maximum Gasteiger partial charge on any atom is 0.265 e. The van der Waals surface area contributed by atoms with Crippen molar-refractivity contribution in [3.63, 3.8) is 0 Å². The van der Waals surface area contributed by atoms with E-state index in [0.717, 1.165) is 42.3 Å². The third-order valence-corrected chi connectivity index (χ3v) is 4.86. The van der Waals surface area contributed by atoms with Crippen LogP contribution in [0.4, 0.5) is 5.69 Å². The number of H-pyrrole nitrogens is 1. The summed E-state index contributed by atoms with van der Waals surface area (Å²) in [7, 11) is 0. The van der Waals surface area contributed by atoms with Crippen molar-refractivity contribution in [3.05, 3.63) is 30.0 Å². The fraction of sp³-hybridized carbons (Fsp3) is 0.444. The number of hydrogen-bond acceptors (Lipinski definition) is 2. The van der Waals surface area contributed by atoms with Gasteiger partial charge in [-0.15, -0.1) is 0 Å². The topological polar surface area (TPSA) is 88.0 Å². The minimum absolute atomic E-state index is 0.0884. The molecule has 1 aliphatic rings. The number of nitrogens with one attached hydrogen (secondary N) is 2. The van der Waals surface area contributed by atoms with Gasteiger partial charge < -0.3 is 16.0 Å². The molecule has 0 aliphatic heterocycles. The first-order valence-electron chi connectivity index (χ1n) is 8.07. The number of aromatic amines is 1. The lowest BCUT2D eigenvalue weighted by molar-refractivity contribution is -0.121. The van der Waals surface area contributed by atoms with Crippen LogP contribution >= 0.6 is 0 Å². The van der Waals surface area contributed by atoms with Gasteiger partial charge in [0.05, 0.1) is 0 Å². The second-order valence-corrected chi connectivity index (χ2v) is 7.28. The molecule has 1 aliphatic carbocycles. The standard InChI is InChI=1S/C18H23N3O2/c1-18(2)7-5-11(6-8-18)17(23)20-13-3-4-14-12(9-13)10-15(21-14)16(19)22/h3-4,9-11,21H,5-8H2,1-2H3,(H2,19,22)(H,20,23). The van der Waals surface area contributed by atoms with Crippen LogP contribution in [0.25, 0.3) is 10.9 Å². The number of aromatic nitrogens is 1. The Labute approximate surface area is 135 Å². The highest BCUT2D eigenvalue weighted by Crippen LogP contribution is 2.38. The van der Waals surface area contributed by atoms with Gasteiger partial charge in [0.1, 0.15) is 5.69 Å². The highest BCUT2D eigenvalue weighted by atomic mass is 16.2. The minimum Gasteiger partial charge on any atom is -0.364 e. The molecule has 3 rings (SSSR count). The van der Waals surface area contributed by atoms with Crippen molar-refractivity contribution in [2.75, 3.05) is 5.32 Å². The molecule has 5 nitrogen and oxygen atoms in total. The molecule has 0 bridgehead atoms. The van der Waals surface area contributed by atoms with Gasteiger partial charge in [-0.05, 0) is 55.4 Å². The van der Waals surface area contributed by atoms with Crippen molar-refractivity contribution >= 4 is 28.4 Å².